The van der Waals surface area contributed by atoms with Crippen molar-refractivity contribution in [1.82, 2.24) is 0 Å². The molecule has 0 saturated carbocycles. The molecule has 0 spiro atoms. The van der Waals surface area contributed by atoms with Gasteiger partial charge in [0.1, 0.15) is 0 Å². The Bertz CT molecular complexity index is 35.0. The summed E-state index contributed by atoms with van der Waals surface area (Å²) in [5, 5.41) is 0. The van der Waals surface area contributed by atoms with Gasteiger partial charge in [0.25, 0.3) is 0 Å². The maximum atomic E-state index is 8.42. The molecule has 0 aliphatic heterocycles. The summed E-state index contributed by atoms with van der Waals surface area (Å²) in [6.45, 7) is 0. The first kappa shape index (κ1) is 44.4. The normalized spacial score (nSPS) is 2.00. The minimum Gasteiger partial charge on any atom is -1.00 e. The molecule has 0 rings (SSSR count). The van der Waals surface area contributed by atoms with E-state index in [9.17, 15) is 0 Å². The van der Waals surface area contributed by atoms with E-state index in [0.29, 0.717) is 0 Å². The molecule has 0 aromatic rings. The average Bonchev–Trinajstić information content (AvgIpc) is 2.20. The number of rotatable bonds is 0. The molecule has 0 atom stereocenters. The molecule has 80 valence electrons. The van der Waals surface area contributed by atoms with Crippen LogP contribution in [0.5, 0.6) is 0 Å². The summed E-state index contributed by atoms with van der Waals surface area (Å²) in [4.78, 5) is 0. The molecule has 0 unspecified atom stereocenters. The first-order chi connectivity index (χ1) is 5.00. The molecular formula is H2Cu2In2Mo2O4S2-2. The van der Waals surface area contributed by atoms with Gasteiger partial charge in [-0.05, 0) is 0 Å². The fourth-order valence-corrected chi connectivity index (χ4v) is 0. The second-order valence-corrected chi connectivity index (χ2v) is 0. The predicted molar refractivity (Wildman–Crippen MR) is 31.8 cm³/mol. The predicted octanol–water partition coefficient (Wildman–Crippen LogP) is -1.79. The molecule has 12 heteroatoms. The zero-order valence-electron chi connectivity index (χ0n) is 5.28. The fraction of sp³-hybridized carbons (Fsp3) is 0. The molecule has 4 nitrogen and oxygen atoms in total. The Morgan fingerprint density at radius 2 is 0.667 bits per heavy atom. The summed E-state index contributed by atoms with van der Waals surface area (Å²) in [5.74, 6) is 0. The zero-order valence-corrected chi connectivity index (χ0v) is 20.9. The molecule has 12 heavy (non-hydrogen) atoms. The molecule has 0 radical (unpaired) electrons. The SMILES string of the molecule is [Mo].[Mo].[O]=[Cu].[O]=[Cu].[O]=[InH].[O]=[InH].[S-][S-]. The summed E-state index contributed by atoms with van der Waals surface area (Å²) >= 11 is 13.0. The number of hydrogen-bond acceptors (Lipinski definition) is 6. The van der Waals surface area contributed by atoms with Gasteiger partial charge in [0.15, 0.2) is 0 Å². The number of hydrogen-bond donors (Lipinski definition) is 0. The van der Waals surface area contributed by atoms with Crippen molar-refractivity contribution < 1.29 is 87.4 Å². The van der Waals surface area contributed by atoms with Crippen molar-refractivity contribution in [3.8, 4) is 0 Å². The van der Waals surface area contributed by atoms with Crippen LogP contribution in [-0.2, 0) is 111 Å². The van der Waals surface area contributed by atoms with Crippen molar-refractivity contribution >= 4 is 72.1 Å². The maximum Gasteiger partial charge on any atom is -1.00 e. The van der Waals surface area contributed by atoms with Crippen LogP contribution in [0.25, 0.3) is 0 Å². The summed E-state index contributed by atoms with van der Waals surface area (Å²) in [6.07, 6.45) is 0. The standard InChI is InChI=1S/2Cu.2In.2Mo.4O.S2.2H/c;;;;;;;;;;1-2;;/q;;;;;;;;;;-2;;. The van der Waals surface area contributed by atoms with Crippen LogP contribution in [-0.4, -0.2) is 48.8 Å². The van der Waals surface area contributed by atoms with Gasteiger partial charge in [0.2, 0.25) is 0 Å². The van der Waals surface area contributed by atoms with Crippen molar-refractivity contribution in [3.05, 3.63) is 0 Å². The molecule has 0 aromatic carbocycles. The Morgan fingerprint density at radius 1 is 0.667 bits per heavy atom. The summed E-state index contributed by atoms with van der Waals surface area (Å²) in [6, 6.07) is 0. The molecule has 0 fully saturated rings. The van der Waals surface area contributed by atoms with E-state index in [0.717, 1.165) is 0 Å². The second kappa shape index (κ2) is 181. The summed E-state index contributed by atoms with van der Waals surface area (Å²) in [7, 11) is 0. The Morgan fingerprint density at radius 3 is 0.667 bits per heavy atom. The topological polar surface area (TPSA) is 68.3 Å². The fourth-order valence-electron chi connectivity index (χ4n) is 0. The third-order valence-electron chi connectivity index (χ3n) is 0. The van der Waals surface area contributed by atoms with Gasteiger partial charge in [-0.25, -0.2) is 0 Å². The summed E-state index contributed by atoms with van der Waals surface area (Å²) < 4.78 is 32.5. The van der Waals surface area contributed by atoms with E-state index in [2.05, 4.69) is 55.2 Å². The molecule has 0 heterocycles. The third kappa shape index (κ3) is 146. The van der Waals surface area contributed by atoms with Gasteiger partial charge in [0, 0.05) is 42.1 Å². The van der Waals surface area contributed by atoms with Gasteiger partial charge in [-0.1, -0.05) is 0 Å². The minimum absolute atomic E-state index is 0. The van der Waals surface area contributed by atoms with E-state index in [-0.39, 0.29) is 90.9 Å². The van der Waals surface area contributed by atoms with Crippen molar-refractivity contribution in [2.24, 2.45) is 0 Å². The van der Waals surface area contributed by atoms with Crippen LogP contribution < -0.4 is 0 Å². The van der Waals surface area contributed by atoms with Gasteiger partial charge in [0.05, 0.1) is 0 Å². The molecular weight excluding hydrogens is 677 g/mol. The van der Waals surface area contributed by atoms with Crippen molar-refractivity contribution in [2.75, 3.05) is 0 Å². The molecule has 0 aliphatic carbocycles. The van der Waals surface area contributed by atoms with Crippen molar-refractivity contribution in [2.45, 2.75) is 0 Å². The summed E-state index contributed by atoms with van der Waals surface area (Å²) in [5.41, 5.74) is 0. The van der Waals surface area contributed by atoms with Crippen LogP contribution in [0.15, 0.2) is 0 Å². The molecule has 0 N–H and O–H groups in total. The maximum absolute atomic E-state index is 8.42. The van der Waals surface area contributed by atoms with Crippen molar-refractivity contribution in [3.63, 3.8) is 0 Å². The minimum atomic E-state index is -0.1000. The second-order valence-electron chi connectivity index (χ2n) is 0. The van der Waals surface area contributed by atoms with E-state index < -0.39 is 0 Å². The molecule has 0 aliphatic rings. The van der Waals surface area contributed by atoms with Crippen LogP contribution in [0.3, 0.4) is 0 Å². The van der Waals surface area contributed by atoms with E-state index in [1.807, 2.05) is 0 Å². The first-order valence-electron chi connectivity index (χ1n) is 0.990. The van der Waals surface area contributed by atoms with E-state index in [4.69, 9.17) is 13.4 Å². The molecule has 0 amide bonds. The van der Waals surface area contributed by atoms with Crippen LogP contribution in [0.4, 0.5) is 0 Å². The quantitative estimate of drug-likeness (QED) is 0.172. The smallest absolute Gasteiger partial charge is 1.00 e. The van der Waals surface area contributed by atoms with E-state index in [1.54, 1.807) is 0 Å². The van der Waals surface area contributed by atoms with Crippen LogP contribution in [0.2, 0.25) is 0 Å². The van der Waals surface area contributed by atoms with E-state index >= 15 is 0 Å². The third-order valence-corrected chi connectivity index (χ3v) is 0. The van der Waals surface area contributed by atoms with Crippen LogP contribution >= 0.6 is 0 Å². The monoisotopic (exact) mass is 681 g/mol. The largest absolute Gasteiger partial charge is 1.00 e. The van der Waals surface area contributed by atoms with Gasteiger partial charge < -0.3 is 23.3 Å². The van der Waals surface area contributed by atoms with E-state index in [1.165, 1.54) is 0 Å². The Balaban J connectivity index is -0.00000000500. The van der Waals surface area contributed by atoms with Gasteiger partial charge in [-0.15, -0.1) is 0 Å². The van der Waals surface area contributed by atoms with Crippen LogP contribution in [0.1, 0.15) is 0 Å². The Kier molecular flexibility index (Phi) is 669. The van der Waals surface area contributed by atoms with Gasteiger partial charge in [-0.3, -0.25) is 0 Å². The molecule has 0 aromatic heterocycles. The Hall–Kier alpha value is 4.06. The molecule has 0 bridgehead atoms. The van der Waals surface area contributed by atoms with Crippen molar-refractivity contribution in [1.29, 1.82) is 0 Å². The zero-order chi connectivity index (χ0) is 10.0. The average molecular weight is 679 g/mol. The van der Waals surface area contributed by atoms with Gasteiger partial charge in [-0.2, -0.15) is 0 Å². The van der Waals surface area contributed by atoms with Crippen LogP contribution in [0, 0.1) is 0 Å². The molecule has 0 saturated heterocycles. The first-order valence-corrected chi connectivity index (χ1v) is 6.39. The van der Waals surface area contributed by atoms with Gasteiger partial charge >= 0.3 is 94.0 Å². The Labute approximate surface area is 156 Å².